The molecule has 110 valence electrons. The van der Waals surface area contributed by atoms with Gasteiger partial charge >= 0.3 is 0 Å². The highest BCUT2D eigenvalue weighted by Gasteiger charge is 2.08. The monoisotopic (exact) mass is 416 g/mol. The lowest BCUT2D eigenvalue weighted by atomic mass is 10.2. The van der Waals surface area contributed by atoms with Gasteiger partial charge in [-0.1, -0.05) is 11.6 Å². The zero-order chi connectivity index (χ0) is 15.2. The molecule has 0 heterocycles. The third-order valence-electron chi connectivity index (χ3n) is 2.60. The van der Waals surface area contributed by atoms with Crippen LogP contribution in [0.1, 0.15) is 12.5 Å². The average Bonchev–Trinajstić information content (AvgIpc) is 2.46. The number of benzene rings is 2. The maximum atomic E-state index is 9.88. The van der Waals surface area contributed by atoms with Gasteiger partial charge in [0.2, 0.25) is 0 Å². The van der Waals surface area contributed by atoms with Crippen molar-refractivity contribution in [2.75, 3.05) is 12.0 Å². The molecular formula is C15H14ClIN2O2. The minimum Gasteiger partial charge on any atom is -0.504 e. The van der Waals surface area contributed by atoms with Crippen LogP contribution >= 0.6 is 34.2 Å². The molecule has 0 atom stereocenters. The third kappa shape index (κ3) is 4.50. The molecule has 0 radical (unpaired) electrons. The number of nitrogens with one attached hydrogen (secondary N) is 1. The Balaban J connectivity index is 2.11. The molecule has 0 aromatic heterocycles. The van der Waals surface area contributed by atoms with Gasteiger partial charge in [0.15, 0.2) is 11.5 Å². The highest BCUT2D eigenvalue weighted by Crippen LogP contribution is 2.32. The van der Waals surface area contributed by atoms with Gasteiger partial charge in [-0.05, 0) is 71.5 Å². The van der Waals surface area contributed by atoms with Gasteiger partial charge in [-0.15, -0.1) is 0 Å². The molecule has 0 fully saturated rings. The predicted molar refractivity (Wildman–Crippen MR) is 94.7 cm³/mol. The number of hydrazone groups is 1. The number of hydrogen-bond acceptors (Lipinski definition) is 4. The number of phenols is 1. The number of hydrogen-bond donors (Lipinski definition) is 2. The fourth-order valence-corrected chi connectivity index (χ4v) is 2.39. The Morgan fingerprint density at radius 1 is 1.33 bits per heavy atom. The molecule has 0 aliphatic rings. The van der Waals surface area contributed by atoms with Gasteiger partial charge in [-0.3, -0.25) is 5.43 Å². The molecule has 0 aliphatic heterocycles. The van der Waals surface area contributed by atoms with Gasteiger partial charge < -0.3 is 9.84 Å². The molecule has 0 bridgehead atoms. The first-order chi connectivity index (χ1) is 10.1. The Morgan fingerprint density at radius 3 is 2.71 bits per heavy atom. The van der Waals surface area contributed by atoms with Crippen LogP contribution in [0.2, 0.25) is 5.02 Å². The van der Waals surface area contributed by atoms with E-state index in [1.165, 1.54) is 0 Å². The molecule has 2 N–H and O–H groups in total. The van der Waals surface area contributed by atoms with E-state index in [1.54, 1.807) is 24.4 Å². The van der Waals surface area contributed by atoms with Crippen LogP contribution in [-0.4, -0.2) is 17.9 Å². The quantitative estimate of drug-likeness (QED) is 0.429. The van der Waals surface area contributed by atoms with Gasteiger partial charge in [0.05, 0.1) is 22.1 Å². The first-order valence-corrected chi connectivity index (χ1v) is 7.75. The molecule has 0 saturated heterocycles. The summed E-state index contributed by atoms with van der Waals surface area (Å²) >= 11 is 7.87. The Bertz CT molecular complexity index is 645. The summed E-state index contributed by atoms with van der Waals surface area (Å²) in [6, 6.07) is 10.8. The fourth-order valence-electron chi connectivity index (χ4n) is 1.64. The van der Waals surface area contributed by atoms with Crippen LogP contribution < -0.4 is 10.2 Å². The van der Waals surface area contributed by atoms with Crippen molar-refractivity contribution in [3.05, 3.63) is 50.6 Å². The molecule has 0 spiro atoms. The van der Waals surface area contributed by atoms with Crippen LogP contribution in [0, 0.1) is 3.57 Å². The average molecular weight is 417 g/mol. The van der Waals surface area contributed by atoms with Crippen molar-refractivity contribution in [1.29, 1.82) is 0 Å². The largest absolute Gasteiger partial charge is 0.504 e. The smallest absolute Gasteiger partial charge is 0.171 e. The maximum Gasteiger partial charge on any atom is 0.171 e. The van der Waals surface area contributed by atoms with Crippen LogP contribution in [0.3, 0.4) is 0 Å². The molecule has 0 saturated carbocycles. The maximum absolute atomic E-state index is 9.88. The lowest BCUT2D eigenvalue weighted by Gasteiger charge is -2.08. The van der Waals surface area contributed by atoms with Crippen molar-refractivity contribution in [2.45, 2.75) is 6.92 Å². The molecule has 0 amide bonds. The molecule has 21 heavy (non-hydrogen) atoms. The van der Waals surface area contributed by atoms with Crippen molar-refractivity contribution >= 4 is 46.1 Å². The molecule has 4 nitrogen and oxygen atoms in total. The summed E-state index contributed by atoms with van der Waals surface area (Å²) in [4.78, 5) is 0. The summed E-state index contributed by atoms with van der Waals surface area (Å²) < 4.78 is 6.10. The second-order valence-electron chi connectivity index (χ2n) is 4.16. The lowest BCUT2D eigenvalue weighted by molar-refractivity contribution is 0.317. The molecule has 0 aliphatic carbocycles. The summed E-state index contributed by atoms with van der Waals surface area (Å²) in [7, 11) is 0. The summed E-state index contributed by atoms with van der Waals surface area (Å²) in [6.45, 7) is 2.36. The normalized spacial score (nSPS) is 10.8. The highest BCUT2D eigenvalue weighted by molar-refractivity contribution is 14.1. The molecule has 2 aromatic rings. The van der Waals surface area contributed by atoms with E-state index in [0.29, 0.717) is 20.9 Å². The van der Waals surface area contributed by atoms with E-state index < -0.39 is 0 Å². The van der Waals surface area contributed by atoms with E-state index in [0.717, 1.165) is 11.3 Å². The summed E-state index contributed by atoms with van der Waals surface area (Å²) in [5.74, 6) is 0.609. The Labute approximate surface area is 141 Å². The Morgan fingerprint density at radius 2 is 2.05 bits per heavy atom. The van der Waals surface area contributed by atoms with Crippen LogP contribution in [0.15, 0.2) is 41.5 Å². The first-order valence-electron chi connectivity index (χ1n) is 6.30. The summed E-state index contributed by atoms with van der Waals surface area (Å²) in [5.41, 5.74) is 4.59. The van der Waals surface area contributed by atoms with E-state index in [1.807, 2.05) is 25.1 Å². The standard InChI is InChI=1S/C15H14ClIN2O2/c1-2-21-14-8-10(7-13(17)15(14)20)9-18-19-12-5-3-11(16)4-6-12/h3-9,19-20H,2H2,1H3/b18-9-. The second kappa shape index (κ2) is 7.51. The number of ether oxygens (including phenoxy) is 1. The second-order valence-corrected chi connectivity index (χ2v) is 5.76. The molecular weight excluding hydrogens is 403 g/mol. The summed E-state index contributed by atoms with van der Waals surface area (Å²) in [5, 5.41) is 14.7. The Kier molecular flexibility index (Phi) is 5.69. The van der Waals surface area contributed by atoms with Crippen molar-refractivity contribution in [3.63, 3.8) is 0 Å². The molecule has 6 heteroatoms. The minimum absolute atomic E-state index is 0.153. The number of anilines is 1. The predicted octanol–water partition coefficient (Wildman–Crippen LogP) is 4.49. The van der Waals surface area contributed by atoms with Crippen molar-refractivity contribution in [1.82, 2.24) is 0 Å². The van der Waals surface area contributed by atoms with E-state index in [2.05, 4.69) is 33.1 Å². The Hall–Kier alpha value is -1.47. The minimum atomic E-state index is 0.153. The summed E-state index contributed by atoms with van der Waals surface area (Å²) in [6.07, 6.45) is 1.67. The van der Waals surface area contributed by atoms with Gasteiger partial charge in [-0.2, -0.15) is 5.10 Å². The van der Waals surface area contributed by atoms with Crippen LogP contribution in [0.25, 0.3) is 0 Å². The fraction of sp³-hybridized carbons (Fsp3) is 0.133. The number of rotatable bonds is 5. The van der Waals surface area contributed by atoms with E-state index in [9.17, 15) is 5.11 Å². The zero-order valence-electron chi connectivity index (χ0n) is 11.3. The van der Waals surface area contributed by atoms with Crippen molar-refractivity contribution in [2.24, 2.45) is 5.10 Å². The van der Waals surface area contributed by atoms with Gasteiger partial charge in [-0.25, -0.2) is 0 Å². The van der Waals surface area contributed by atoms with Crippen LogP contribution in [0.5, 0.6) is 11.5 Å². The number of phenolic OH excluding ortho intramolecular Hbond substituents is 1. The van der Waals surface area contributed by atoms with E-state index >= 15 is 0 Å². The van der Waals surface area contributed by atoms with Crippen molar-refractivity contribution in [3.8, 4) is 11.5 Å². The lowest BCUT2D eigenvalue weighted by Crippen LogP contribution is -1.96. The van der Waals surface area contributed by atoms with Crippen LogP contribution in [-0.2, 0) is 0 Å². The SMILES string of the molecule is CCOc1cc(/C=N\Nc2ccc(Cl)cc2)cc(I)c1O. The van der Waals surface area contributed by atoms with Gasteiger partial charge in [0.1, 0.15) is 0 Å². The molecule has 2 rings (SSSR count). The third-order valence-corrected chi connectivity index (χ3v) is 3.68. The topological polar surface area (TPSA) is 53.8 Å². The highest BCUT2D eigenvalue weighted by atomic mass is 127. The van der Waals surface area contributed by atoms with Gasteiger partial charge in [0.25, 0.3) is 0 Å². The number of nitrogens with zero attached hydrogens (tertiary/aromatic N) is 1. The van der Waals surface area contributed by atoms with Crippen molar-refractivity contribution < 1.29 is 9.84 Å². The number of halogens is 2. The van der Waals surface area contributed by atoms with Gasteiger partial charge in [0, 0.05) is 5.02 Å². The first kappa shape index (κ1) is 15.9. The molecule has 0 unspecified atom stereocenters. The van der Waals surface area contributed by atoms with Crippen LogP contribution in [0.4, 0.5) is 5.69 Å². The van der Waals surface area contributed by atoms with E-state index in [-0.39, 0.29) is 5.75 Å². The zero-order valence-corrected chi connectivity index (χ0v) is 14.2. The molecule has 2 aromatic carbocycles. The van der Waals surface area contributed by atoms with E-state index in [4.69, 9.17) is 16.3 Å². The number of aromatic hydroxyl groups is 1.